The van der Waals surface area contributed by atoms with Crippen molar-refractivity contribution in [1.82, 2.24) is 0 Å². The normalized spacial score (nSPS) is 43.7. The second-order valence-electron chi connectivity index (χ2n) is 8.99. The van der Waals surface area contributed by atoms with E-state index in [0.717, 1.165) is 48.5 Å². The molecule has 4 saturated carbocycles. The van der Waals surface area contributed by atoms with Gasteiger partial charge in [0.25, 0.3) is 0 Å². The van der Waals surface area contributed by atoms with E-state index in [1.807, 2.05) is 34.8 Å². The van der Waals surface area contributed by atoms with Gasteiger partial charge in [-0.25, -0.2) is 0 Å². The summed E-state index contributed by atoms with van der Waals surface area (Å²) in [6.45, 7) is 11.3. The van der Waals surface area contributed by atoms with Gasteiger partial charge in [0.05, 0.1) is 0 Å². The number of Topliss-reactive ketones (excluding diaryl/α,β-unsaturated/α-hetero) is 1. The molecule has 0 bridgehead atoms. The van der Waals surface area contributed by atoms with Crippen LogP contribution in [0.5, 0.6) is 0 Å². The summed E-state index contributed by atoms with van der Waals surface area (Å²) in [4.78, 5) is 12.4. The number of methoxy groups -OCH3 is 1. The average molecular weight is 365 g/mol. The molecule has 0 heterocycles. The van der Waals surface area contributed by atoms with Gasteiger partial charge in [0.15, 0.2) is 0 Å². The summed E-state index contributed by atoms with van der Waals surface area (Å²) in [5.41, 5.74) is 0.0568. The van der Waals surface area contributed by atoms with Crippen LogP contribution < -0.4 is 0 Å². The van der Waals surface area contributed by atoms with E-state index in [1.54, 1.807) is 0 Å². The van der Waals surface area contributed by atoms with Crippen molar-refractivity contribution in [3.63, 3.8) is 0 Å². The van der Waals surface area contributed by atoms with Gasteiger partial charge in [0.2, 0.25) is 0 Å². The molecule has 4 fully saturated rings. The van der Waals surface area contributed by atoms with Crippen molar-refractivity contribution < 1.29 is 9.53 Å². The monoisotopic (exact) mass is 364 g/mol. The van der Waals surface area contributed by atoms with Gasteiger partial charge in [-0.1, -0.05) is 34.6 Å². The molecule has 2 nitrogen and oxygen atoms in total. The van der Waals surface area contributed by atoms with Gasteiger partial charge in [-0.05, 0) is 86.9 Å². The van der Waals surface area contributed by atoms with Crippen molar-refractivity contribution in [2.24, 2.45) is 40.9 Å². The van der Waals surface area contributed by atoms with Crippen LogP contribution in [0.25, 0.3) is 0 Å². The number of fused-ring (bicyclic) bond motifs is 5. The van der Waals surface area contributed by atoms with Crippen LogP contribution in [0.1, 0.15) is 92.4 Å². The van der Waals surface area contributed by atoms with E-state index in [2.05, 4.69) is 6.92 Å². The first-order valence-electron chi connectivity index (χ1n) is 11.7. The van der Waals surface area contributed by atoms with Crippen molar-refractivity contribution in [1.29, 1.82) is 0 Å². The fourth-order valence-electron chi connectivity index (χ4n) is 7.11. The van der Waals surface area contributed by atoms with E-state index in [4.69, 9.17) is 4.74 Å². The first-order chi connectivity index (χ1) is 12.6. The maximum absolute atomic E-state index is 12.4. The highest BCUT2D eigenvalue weighted by atomic mass is 16.5. The minimum absolute atomic E-state index is 0.0568. The zero-order valence-corrected chi connectivity index (χ0v) is 18.4. The number of rotatable bonds is 2. The molecule has 0 spiro atoms. The van der Waals surface area contributed by atoms with Gasteiger partial charge in [-0.3, -0.25) is 4.79 Å². The van der Waals surface area contributed by atoms with Crippen LogP contribution in [0, 0.1) is 40.9 Å². The molecule has 0 amide bonds. The van der Waals surface area contributed by atoms with Crippen LogP contribution in [-0.4, -0.2) is 19.5 Å². The standard InChI is InChI=1S/C20H32O2.2C2H6/c1-20-10-9-16-15-5-3-13(12-22-2)11-14(15)4-6-17(16)18(20)7-8-19(20)21;2*1-2/h13-18H,3-12H2,1-2H3;2*1-2H3/t13-,14?,15-,16?,17?,18?,20?;;/m0../s1. The van der Waals surface area contributed by atoms with Gasteiger partial charge in [-0.2, -0.15) is 0 Å². The quantitative estimate of drug-likeness (QED) is 0.557. The summed E-state index contributed by atoms with van der Waals surface area (Å²) < 4.78 is 5.41. The molecule has 4 aliphatic rings. The van der Waals surface area contributed by atoms with E-state index in [1.165, 1.54) is 51.4 Å². The number of hydrogen-bond acceptors (Lipinski definition) is 2. The fraction of sp³-hybridized carbons (Fsp3) is 0.958. The third-order valence-electron chi connectivity index (χ3n) is 8.17. The maximum Gasteiger partial charge on any atom is 0.139 e. The predicted molar refractivity (Wildman–Crippen MR) is 110 cm³/mol. The molecular formula is C24H44O2. The molecule has 0 aromatic heterocycles. The van der Waals surface area contributed by atoms with Gasteiger partial charge in [0.1, 0.15) is 5.78 Å². The van der Waals surface area contributed by atoms with Crippen molar-refractivity contribution in [2.75, 3.05) is 13.7 Å². The van der Waals surface area contributed by atoms with E-state index in [-0.39, 0.29) is 5.41 Å². The predicted octanol–water partition coefficient (Wildman–Crippen LogP) is 6.52. The molecule has 2 heteroatoms. The van der Waals surface area contributed by atoms with Gasteiger partial charge < -0.3 is 4.74 Å². The van der Waals surface area contributed by atoms with Crippen LogP contribution in [0.15, 0.2) is 0 Å². The molecule has 4 aliphatic carbocycles. The molecule has 7 atom stereocenters. The van der Waals surface area contributed by atoms with Crippen molar-refractivity contribution in [3.8, 4) is 0 Å². The second-order valence-corrected chi connectivity index (χ2v) is 8.99. The Bertz CT molecular complexity index is 445. The Hall–Kier alpha value is -0.370. The van der Waals surface area contributed by atoms with Crippen molar-refractivity contribution in [2.45, 2.75) is 92.4 Å². The Balaban J connectivity index is 0.000000570. The van der Waals surface area contributed by atoms with E-state index < -0.39 is 0 Å². The van der Waals surface area contributed by atoms with Crippen LogP contribution in [0.3, 0.4) is 0 Å². The fourth-order valence-corrected chi connectivity index (χ4v) is 7.11. The number of ketones is 1. The molecule has 0 radical (unpaired) electrons. The third-order valence-corrected chi connectivity index (χ3v) is 8.17. The van der Waals surface area contributed by atoms with Gasteiger partial charge in [-0.15, -0.1) is 0 Å². The summed E-state index contributed by atoms with van der Waals surface area (Å²) in [6.07, 6.45) is 11.6. The lowest BCUT2D eigenvalue weighted by atomic mass is 9.50. The summed E-state index contributed by atoms with van der Waals surface area (Å²) in [5, 5.41) is 0. The SMILES string of the molecule is CC.CC.COC[C@H]1CC[C@H]2C(CCC3C2CCC2(C)C(=O)CCC32)C1. The highest BCUT2D eigenvalue weighted by molar-refractivity contribution is 5.87. The molecule has 5 unspecified atom stereocenters. The Morgan fingerprint density at radius 3 is 2.31 bits per heavy atom. The van der Waals surface area contributed by atoms with Crippen molar-refractivity contribution in [3.05, 3.63) is 0 Å². The smallest absolute Gasteiger partial charge is 0.139 e. The molecule has 0 aromatic carbocycles. The molecule has 4 rings (SSSR count). The van der Waals surface area contributed by atoms with Crippen LogP contribution in [0.2, 0.25) is 0 Å². The second kappa shape index (κ2) is 9.71. The van der Waals surface area contributed by atoms with Crippen LogP contribution >= 0.6 is 0 Å². The Morgan fingerprint density at radius 1 is 0.923 bits per heavy atom. The van der Waals surface area contributed by atoms with Gasteiger partial charge in [0, 0.05) is 25.6 Å². The van der Waals surface area contributed by atoms with Crippen LogP contribution in [0.4, 0.5) is 0 Å². The lowest BCUT2D eigenvalue weighted by Crippen LogP contribution is -2.48. The van der Waals surface area contributed by atoms with E-state index in [9.17, 15) is 4.79 Å². The Morgan fingerprint density at radius 2 is 1.62 bits per heavy atom. The molecule has 0 aliphatic heterocycles. The largest absolute Gasteiger partial charge is 0.384 e. The van der Waals surface area contributed by atoms with Gasteiger partial charge >= 0.3 is 0 Å². The summed E-state index contributed by atoms with van der Waals surface area (Å²) in [5.74, 6) is 5.84. The minimum atomic E-state index is 0.0568. The first-order valence-corrected chi connectivity index (χ1v) is 11.7. The first kappa shape index (κ1) is 21.9. The molecule has 152 valence electrons. The highest BCUT2D eigenvalue weighted by Gasteiger charge is 2.56. The average Bonchev–Trinajstić information content (AvgIpc) is 3.00. The zero-order chi connectivity index (χ0) is 19.3. The minimum Gasteiger partial charge on any atom is -0.384 e. The zero-order valence-electron chi connectivity index (χ0n) is 18.4. The molecule has 0 N–H and O–H groups in total. The maximum atomic E-state index is 12.4. The number of ether oxygens (including phenoxy) is 1. The number of hydrogen-bond donors (Lipinski definition) is 0. The van der Waals surface area contributed by atoms with E-state index >= 15 is 0 Å². The molecular weight excluding hydrogens is 320 g/mol. The number of carbonyl (C=O) groups is 1. The molecule has 26 heavy (non-hydrogen) atoms. The van der Waals surface area contributed by atoms with E-state index in [0.29, 0.717) is 5.78 Å². The molecule has 0 saturated heterocycles. The van der Waals surface area contributed by atoms with Crippen molar-refractivity contribution >= 4 is 5.78 Å². The summed E-state index contributed by atoms with van der Waals surface area (Å²) in [7, 11) is 1.85. The summed E-state index contributed by atoms with van der Waals surface area (Å²) >= 11 is 0. The number of carbonyl (C=O) groups excluding carboxylic acids is 1. The molecule has 0 aromatic rings. The highest BCUT2D eigenvalue weighted by Crippen LogP contribution is 2.61. The Kier molecular flexibility index (Phi) is 8.19. The van der Waals surface area contributed by atoms with Crippen LogP contribution in [-0.2, 0) is 9.53 Å². The topological polar surface area (TPSA) is 26.3 Å². The Labute approximate surface area is 162 Å². The third kappa shape index (κ3) is 3.91. The lowest BCUT2D eigenvalue weighted by molar-refractivity contribution is -0.133. The summed E-state index contributed by atoms with van der Waals surface area (Å²) in [6, 6.07) is 0. The lowest BCUT2D eigenvalue weighted by Gasteiger charge is -2.54.